The van der Waals surface area contributed by atoms with Gasteiger partial charge in [-0.1, -0.05) is 11.8 Å². The molecule has 1 amide bonds. The number of nitrogens with one attached hydrogen (secondary N) is 1. The second-order valence-corrected chi connectivity index (χ2v) is 4.47. The van der Waals surface area contributed by atoms with E-state index in [2.05, 4.69) is 25.8 Å². The lowest BCUT2D eigenvalue weighted by atomic mass is 10.5. The summed E-state index contributed by atoms with van der Waals surface area (Å²) in [6.45, 7) is 0. The average Bonchev–Trinajstić information content (AvgIpc) is 3.18. The third-order valence-electron chi connectivity index (χ3n) is 2.14. The van der Waals surface area contributed by atoms with E-state index in [9.17, 15) is 4.79 Å². The predicted molar refractivity (Wildman–Crippen MR) is 67.1 cm³/mol. The molecule has 20 heavy (non-hydrogen) atoms. The van der Waals surface area contributed by atoms with E-state index in [1.54, 1.807) is 12.1 Å². The summed E-state index contributed by atoms with van der Waals surface area (Å²) in [5.41, 5.74) is 2.55. The van der Waals surface area contributed by atoms with Crippen molar-refractivity contribution in [1.82, 2.24) is 25.1 Å². The fraction of sp³-hybridized carbons (Fsp3) is 0.100. The largest absolute Gasteiger partial charge is 0.459 e. The molecule has 0 spiro atoms. The summed E-state index contributed by atoms with van der Waals surface area (Å²) in [6.07, 6.45) is 4.27. The number of aromatic nitrogens is 5. The number of thioether (sulfide) groups is 1. The molecular weight excluding hydrogens is 284 g/mol. The Balaban J connectivity index is 1.55. The summed E-state index contributed by atoms with van der Waals surface area (Å²) >= 11 is 1.12. The van der Waals surface area contributed by atoms with Crippen molar-refractivity contribution < 1.29 is 13.6 Å². The van der Waals surface area contributed by atoms with Crippen LogP contribution in [0.15, 0.2) is 45.1 Å². The molecule has 0 aliphatic heterocycles. The van der Waals surface area contributed by atoms with Gasteiger partial charge in [0.2, 0.25) is 5.91 Å². The molecule has 0 aromatic carbocycles. The van der Waals surface area contributed by atoms with Crippen molar-refractivity contribution in [1.29, 1.82) is 0 Å². The van der Waals surface area contributed by atoms with Gasteiger partial charge in [-0.05, 0) is 12.1 Å². The van der Waals surface area contributed by atoms with Crippen LogP contribution < -0.4 is 5.43 Å². The lowest BCUT2D eigenvalue weighted by molar-refractivity contribution is -0.114. The lowest BCUT2D eigenvalue weighted by Crippen LogP contribution is -2.23. The summed E-state index contributed by atoms with van der Waals surface area (Å²) in [7, 11) is 0. The van der Waals surface area contributed by atoms with Gasteiger partial charge in [0, 0.05) is 0 Å². The van der Waals surface area contributed by atoms with Gasteiger partial charge in [0.05, 0.1) is 12.0 Å². The van der Waals surface area contributed by atoms with Gasteiger partial charge >= 0.3 is 0 Å². The van der Waals surface area contributed by atoms with Gasteiger partial charge in [0.15, 0.2) is 5.76 Å². The molecule has 0 fully saturated rings. The van der Waals surface area contributed by atoms with Crippen LogP contribution in [0.5, 0.6) is 0 Å². The number of furan rings is 1. The first-order valence-corrected chi connectivity index (χ1v) is 6.44. The highest BCUT2D eigenvalue weighted by Gasteiger charge is 2.12. The topological polar surface area (TPSA) is 112 Å². The monoisotopic (exact) mass is 292 g/mol. The minimum atomic E-state index is -0.243. The molecule has 0 bridgehead atoms. The first kappa shape index (κ1) is 12.4. The third kappa shape index (κ3) is 2.85. The average molecular weight is 292 g/mol. The van der Waals surface area contributed by atoms with E-state index < -0.39 is 0 Å². The van der Waals surface area contributed by atoms with Gasteiger partial charge in [-0.3, -0.25) is 10.2 Å². The molecule has 0 saturated heterocycles. The Hall–Kier alpha value is -2.62. The smallest absolute Gasteiger partial charge is 0.284 e. The molecule has 10 heteroatoms. The van der Waals surface area contributed by atoms with Crippen LogP contribution in [-0.4, -0.2) is 36.7 Å². The molecular formula is C10H8N6O3S. The summed E-state index contributed by atoms with van der Waals surface area (Å²) in [4.78, 5) is 11.6. The zero-order valence-electron chi connectivity index (χ0n) is 9.96. The minimum Gasteiger partial charge on any atom is -0.459 e. The molecule has 3 aromatic heterocycles. The Kier molecular flexibility index (Phi) is 3.46. The summed E-state index contributed by atoms with van der Waals surface area (Å²) in [5.74, 6) is 0.639. The van der Waals surface area contributed by atoms with Crippen molar-refractivity contribution in [3.05, 3.63) is 31.1 Å². The van der Waals surface area contributed by atoms with Crippen LogP contribution in [0.2, 0.25) is 0 Å². The fourth-order valence-corrected chi connectivity index (χ4v) is 1.89. The van der Waals surface area contributed by atoms with Gasteiger partial charge in [0.1, 0.15) is 12.7 Å². The second-order valence-electron chi connectivity index (χ2n) is 3.54. The number of hydrogen-bond acceptors (Lipinski definition) is 8. The van der Waals surface area contributed by atoms with E-state index in [0.717, 1.165) is 11.8 Å². The number of nitrogens with zero attached hydrogens (tertiary/aromatic N) is 5. The van der Waals surface area contributed by atoms with Crippen molar-refractivity contribution >= 4 is 17.7 Å². The van der Waals surface area contributed by atoms with Crippen LogP contribution in [-0.2, 0) is 4.79 Å². The highest BCUT2D eigenvalue weighted by Crippen LogP contribution is 2.23. The summed E-state index contributed by atoms with van der Waals surface area (Å²) < 4.78 is 11.8. The maximum Gasteiger partial charge on any atom is 0.284 e. The molecule has 9 nitrogen and oxygen atoms in total. The standard InChI is InChI=1S/C10H8N6O3S/c17-8(15-16-5-11-12-6-16)4-20-10-14-13-9(19-10)7-2-1-3-18-7/h1-3,5-6H,4H2,(H,15,17). The van der Waals surface area contributed by atoms with Crippen LogP contribution in [0.25, 0.3) is 11.7 Å². The highest BCUT2D eigenvalue weighted by molar-refractivity contribution is 7.99. The van der Waals surface area contributed by atoms with E-state index in [1.807, 2.05) is 0 Å². The van der Waals surface area contributed by atoms with Gasteiger partial charge in [-0.25, -0.2) is 4.68 Å². The number of rotatable bonds is 5. The number of carbonyl (C=O) groups excluding carboxylic acids is 1. The van der Waals surface area contributed by atoms with Crippen LogP contribution in [0.1, 0.15) is 0 Å². The van der Waals surface area contributed by atoms with E-state index in [0.29, 0.717) is 5.76 Å². The normalized spacial score (nSPS) is 10.6. The molecule has 3 heterocycles. The Morgan fingerprint density at radius 1 is 1.35 bits per heavy atom. The van der Waals surface area contributed by atoms with Gasteiger partial charge < -0.3 is 8.83 Å². The van der Waals surface area contributed by atoms with E-state index in [4.69, 9.17) is 8.83 Å². The Bertz CT molecular complexity index is 678. The molecule has 0 aliphatic rings. The molecule has 0 atom stereocenters. The predicted octanol–water partition coefficient (Wildman–Crippen LogP) is 0.783. The molecule has 102 valence electrons. The zero-order valence-corrected chi connectivity index (χ0v) is 10.8. The van der Waals surface area contributed by atoms with Crippen LogP contribution >= 0.6 is 11.8 Å². The van der Waals surface area contributed by atoms with E-state index in [-0.39, 0.29) is 22.8 Å². The molecule has 0 unspecified atom stereocenters. The van der Waals surface area contributed by atoms with Crippen LogP contribution in [0.3, 0.4) is 0 Å². The molecule has 1 N–H and O–H groups in total. The summed E-state index contributed by atoms with van der Waals surface area (Å²) in [5, 5.41) is 15.1. The fourth-order valence-electron chi connectivity index (χ4n) is 1.33. The number of carbonyl (C=O) groups is 1. The van der Waals surface area contributed by atoms with E-state index in [1.165, 1.54) is 23.6 Å². The number of hydrogen-bond donors (Lipinski definition) is 1. The molecule has 0 aliphatic carbocycles. The quantitative estimate of drug-likeness (QED) is 0.687. The Morgan fingerprint density at radius 2 is 2.20 bits per heavy atom. The van der Waals surface area contributed by atoms with Crippen molar-refractivity contribution in [2.45, 2.75) is 5.22 Å². The Morgan fingerprint density at radius 3 is 2.95 bits per heavy atom. The van der Waals surface area contributed by atoms with Crippen molar-refractivity contribution in [2.75, 3.05) is 11.2 Å². The molecule has 3 aromatic rings. The maximum atomic E-state index is 11.6. The van der Waals surface area contributed by atoms with Crippen molar-refractivity contribution in [2.24, 2.45) is 0 Å². The van der Waals surface area contributed by atoms with E-state index >= 15 is 0 Å². The first-order valence-electron chi connectivity index (χ1n) is 5.46. The molecule has 0 radical (unpaired) electrons. The van der Waals surface area contributed by atoms with Gasteiger partial charge in [0.25, 0.3) is 11.1 Å². The van der Waals surface area contributed by atoms with Crippen molar-refractivity contribution in [3.8, 4) is 11.7 Å². The van der Waals surface area contributed by atoms with Crippen LogP contribution in [0.4, 0.5) is 0 Å². The first-order chi connectivity index (χ1) is 9.81. The van der Waals surface area contributed by atoms with Gasteiger partial charge in [-0.2, -0.15) is 0 Å². The number of amides is 1. The SMILES string of the molecule is O=C(CSc1nnc(-c2ccco2)o1)Nn1cnnc1. The third-order valence-corrected chi connectivity index (χ3v) is 2.96. The second kappa shape index (κ2) is 5.57. The highest BCUT2D eigenvalue weighted by atomic mass is 32.2. The van der Waals surface area contributed by atoms with Crippen molar-refractivity contribution in [3.63, 3.8) is 0 Å². The molecule has 0 saturated carbocycles. The van der Waals surface area contributed by atoms with Gasteiger partial charge in [-0.15, -0.1) is 20.4 Å². The minimum absolute atomic E-state index is 0.123. The van der Waals surface area contributed by atoms with Crippen LogP contribution in [0, 0.1) is 0 Å². The lowest BCUT2D eigenvalue weighted by Gasteiger charge is -2.01. The Labute approximate surface area is 116 Å². The summed E-state index contributed by atoms with van der Waals surface area (Å²) in [6, 6.07) is 3.43. The molecule has 3 rings (SSSR count). The zero-order chi connectivity index (χ0) is 13.8. The maximum absolute atomic E-state index is 11.6.